The van der Waals surface area contributed by atoms with E-state index in [4.69, 9.17) is 16.3 Å². The van der Waals surface area contributed by atoms with Crippen molar-refractivity contribution >= 4 is 23.2 Å². The molecule has 11 heteroatoms. The van der Waals surface area contributed by atoms with Gasteiger partial charge >= 0.3 is 18.0 Å². The lowest BCUT2D eigenvalue weighted by Crippen LogP contribution is -2.72. The predicted octanol–water partition coefficient (Wildman–Crippen LogP) is 5.01. The lowest BCUT2D eigenvalue weighted by Gasteiger charge is -2.39. The molecule has 0 unspecified atom stereocenters. The number of methoxy groups -OCH3 is 1. The van der Waals surface area contributed by atoms with Crippen LogP contribution < -0.4 is 15.4 Å². The molecule has 0 radical (unpaired) electrons. The van der Waals surface area contributed by atoms with Gasteiger partial charge < -0.3 is 15.4 Å². The van der Waals surface area contributed by atoms with Crippen molar-refractivity contribution in [3.05, 3.63) is 59.1 Å². The normalized spacial score (nSPS) is 12.4. The van der Waals surface area contributed by atoms with Crippen LogP contribution in [0.3, 0.4) is 0 Å². The molecule has 0 fully saturated rings. The van der Waals surface area contributed by atoms with Crippen LogP contribution in [0.5, 0.6) is 5.75 Å². The minimum absolute atomic E-state index is 0.0324. The molecular weight excluding hydrogens is 414 g/mol. The van der Waals surface area contributed by atoms with Gasteiger partial charge in [-0.3, -0.25) is 4.79 Å². The summed E-state index contributed by atoms with van der Waals surface area (Å²) in [5.74, 6) is -1.91. The first-order valence-electron chi connectivity index (χ1n) is 7.54. The molecular formula is C17H13ClF6N2O2. The number of carbonyl (C=O) groups excluding carboxylic acids is 1. The maximum absolute atomic E-state index is 13.7. The van der Waals surface area contributed by atoms with Gasteiger partial charge in [0.25, 0.3) is 5.91 Å². The number of halogens is 7. The van der Waals surface area contributed by atoms with E-state index < -0.39 is 35.2 Å². The summed E-state index contributed by atoms with van der Waals surface area (Å²) in [5, 5.41) is 2.37. The highest BCUT2D eigenvalue weighted by molar-refractivity contribution is 6.30. The summed E-state index contributed by atoms with van der Waals surface area (Å²) < 4.78 is 86.9. The lowest BCUT2D eigenvalue weighted by atomic mass is 10.1. The summed E-state index contributed by atoms with van der Waals surface area (Å²) in [6.45, 7) is 0. The van der Waals surface area contributed by atoms with Crippen LogP contribution in [0.2, 0.25) is 5.02 Å². The Kier molecular flexibility index (Phi) is 6.03. The van der Waals surface area contributed by atoms with Crippen molar-refractivity contribution in [2.24, 2.45) is 0 Å². The molecule has 4 nitrogen and oxygen atoms in total. The topological polar surface area (TPSA) is 50.4 Å². The summed E-state index contributed by atoms with van der Waals surface area (Å²) in [5.41, 5.74) is -5.88. The van der Waals surface area contributed by atoms with Crippen molar-refractivity contribution in [2.45, 2.75) is 18.0 Å². The number of para-hydroxylation sites is 2. The molecule has 1 amide bonds. The van der Waals surface area contributed by atoms with Gasteiger partial charge in [-0.15, -0.1) is 0 Å². The molecule has 0 spiro atoms. The number of alkyl halides is 6. The molecule has 2 rings (SSSR count). The number of anilines is 1. The first-order chi connectivity index (χ1) is 12.9. The summed E-state index contributed by atoms with van der Waals surface area (Å²) in [4.78, 5) is 12.2. The van der Waals surface area contributed by atoms with Gasteiger partial charge in [0.2, 0.25) is 0 Å². The van der Waals surface area contributed by atoms with Gasteiger partial charge in [-0.25, -0.2) is 0 Å². The average molecular weight is 427 g/mol. The second-order valence-electron chi connectivity index (χ2n) is 5.54. The minimum atomic E-state index is -5.96. The zero-order valence-corrected chi connectivity index (χ0v) is 14.8. The summed E-state index contributed by atoms with van der Waals surface area (Å²) in [6.07, 6.45) is -11.9. The molecule has 0 aromatic heterocycles. The van der Waals surface area contributed by atoms with E-state index in [1.54, 1.807) is 0 Å². The highest BCUT2D eigenvalue weighted by Crippen LogP contribution is 2.45. The van der Waals surface area contributed by atoms with E-state index in [1.807, 2.05) is 0 Å². The van der Waals surface area contributed by atoms with Gasteiger partial charge in [0.1, 0.15) is 5.75 Å². The first-order valence-corrected chi connectivity index (χ1v) is 7.92. The molecule has 2 aromatic rings. The van der Waals surface area contributed by atoms with E-state index in [-0.39, 0.29) is 10.8 Å². The van der Waals surface area contributed by atoms with E-state index in [0.717, 1.165) is 30.6 Å². The van der Waals surface area contributed by atoms with E-state index >= 15 is 0 Å². The molecule has 2 aromatic carbocycles. The molecule has 28 heavy (non-hydrogen) atoms. The van der Waals surface area contributed by atoms with Crippen molar-refractivity contribution in [3.8, 4) is 5.75 Å². The number of benzene rings is 2. The Hall–Kier alpha value is -2.62. The van der Waals surface area contributed by atoms with E-state index in [0.29, 0.717) is 0 Å². The average Bonchev–Trinajstić information content (AvgIpc) is 2.59. The van der Waals surface area contributed by atoms with Gasteiger partial charge in [0.15, 0.2) is 0 Å². The van der Waals surface area contributed by atoms with Crippen molar-refractivity contribution in [2.75, 3.05) is 12.4 Å². The Balaban J connectivity index is 2.57. The Morgan fingerprint density at radius 2 is 1.57 bits per heavy atom. The summed E-state index contributed by atoms with van der Waals surface area (Å²) >= 11 is 5.65. The molecule has 0 heterocycles. The van der Waals surface area contributed by atoms with Crippen molar-refractivity contribution in [1.29, 1.82) is 0 Å². The predicted molar refractivity (Wildman–Crippen MR) is 90.4 cm³/mol. The number of ether oxygens (including phenoxy) is 1. The van der Waals surface area contributed by atoms with Crippen LogP contribution in [-0.2, 0) is 0 Å². The Labute approximate surface area is 160 Å². The van der Waals surface area contributed by atoms with Crippen molar-refractivity contribution in [1.82, 2.24) is 5.32 Å². The van der Waals surface area contributed by atoms with Crippen LogP contribution in [0, 0.1) is 0 Å². The van der Waals surface area contributed by atoms with Gasteiger partial charge in [0.05, 0.1) is 12.8 Å². The number of nitrogens with one attached hydrogen (secondary N) is 2. The van der Waals surface area contributed by atoms with Crippen molar-refractivity contribution < 1.29 is 35.9 Å². The number of carbonyl (C=O) groups is 1. The number of hydrogen-bond donors (Lipinski definition) is 2. The van der Waals surface area contributed by atoms with Crippen molar-refractivity contribution in [3.63, 3.8) is 0 Å². The summed E-state index contributed by atoms with van der Waals surface area (Å²) in [7, 11) is 1.08. The highest BCUT2D eigenvalue weighted by Gasteiger charge is 2.72. The van der Waals surface area contributed by atoms with Gasteiger partial charge in [-0.2, -0.15) is 26.3 Å². The molecule has 0 aliphatic rings. The highest BCUT2D eigenvalue weighted by atomic mass is 35.5. The maximum Gasteiger partial charge on any atom is 0.439 e. The monoisotopic (exact) mass is 426 g/mol. The van der Waals surface area contributed by atoms with Crippen LogP contribution in [0.4, 0.5) is 32.0 Å². The molecule has 0 saturated carbocycles. The third-order valence-corrected chi connectivity index (χ3v) is 3.90. The molecule has 0 bridgehead atoms. The van der Waals surface area contributed by atoms with Crippen LogP contribution in [0.15, 0.2) is 48.5 Å². The number of hydrogen-bond acceptors (Lipinski definition) is 3. The minimum Gasteiger partial charge on any atom is -0.495 e. The summed E-state index contributed by atoms with van der Waals surface area (Å²) in [6, 6.07) is 9.19. The SMILES string of the molecule is COc1ccccc1NC(NC(=O)c1cccc(Cl)c1)(C(F)(F)F)C(F)(F)F. The fourth-order valence-corrected chi connectivity index (χ4v) is 2.49. The zero-order chi connectivity index (χ0) is 21.2. The van der Waals surface area contributed by atoms with E-state index in [1.165, 1.54) is 35.6 Å². The molecule has 152 valence electrons. The largest absolute Gasteiger partial charge is 0.495 e. The Bertz CT molecular complexity index is 840. The number of rotatable bonds is 5. The first kappa shape index (κ1) is 21.7. The quantitative estimate of drug-likeness (QED) is 0.522. The van der Waals surface area contributed by atoms with E-state index in [2.05, 4.69) is 0 Å². The molecule has 0 aliphatic carbocycles. The Morgan fingerprint density at radius 3 is 2.11 bits per heavy atom. The molecule has 0 atom stereocenters. The van der Waals surface area contributed by atoms with Crippen LogP contribution in [0.25, 0.3) is 0 Å². The third kappa shape index (κ3) is 4.27. The second-order valence-corrected chi connectivity index (χ2v) is 5.97. The molecule has 0 saturated heterocycles. The standard InChI is InChI=1S/C17H13ClF6N2O2/c1-28-13-8-3-2-7-12(13)25-15(16(19,20)21,17(22,23)24)26-14(27)10-5-4-6-11(18)9-10/h2-9,25H,1H3,(H,26,27). The van der Waals surface area contributed by atoms with Crippen LogP contribution in [-0.4, -0.2) is 31.0 Å². The van der Waals surface area contributed by atoms with Crippen LogP contribution in [0.1, 0.15) is 10.4 Å². The smallest absolute Gasteiger partial charge is 0.439 e. The number of amides is 1. The Morgan fingerprint density at radius 1 is 0.964 bits per heavy atom. The zero-order valence-electron chi connectivity index (χ0n) is 14.1. The lowest BCUT2D eigenvalue weighted by molar-refractivity contribution is -0.294. The third-order valence-electron chi connectivity index (χ3n) is 3.67. The second kappa shape index (κ2) is 7.78. The van der Waals surface area contributed by atoms with Crippen LogP contribution >= 0.6 is 11.6 Å². The van der Waals surface area contributed by atoms with E-state index in [9.17, 15) is 31.1 Å². The van der Waals surface area contributed by atoms with Gasteiger partial charge in [0, 0.05) is 10.6 Å². The maximum atomic E-state index is 13.7. The van der Waals surface area contributed by atoms with Gasteiger partial charge in [-0.1, -0.05) is 29.8 Å². The fourth-order valence-electron chi connectivity index (χ4n) is 2.30. The van der Waals surface area contributed by atoms with Gasteiger partial charge in [-0.05, 0) is 30.3 Å². The molecule has 2 N–H and O–H groups in total. The molecule has 0 aliphatic heterocycles. The fraction of sp³-hybridized carbons (Fsp3) is 0.235.